The van der Waals surface area contributed by atoms with Crippen molar-refractivity contribution in [3.63, 3.8) is 0 Å². The Labute approximate surface area is 163 Å². The van der Waals surface area contributed by atoms with Crippen molar-refractivity contribution in [2.45, 2.75) is 13.8 Å². The van der Waals surface area contributed by atoms with Crippen LogP contribution < -0.4 is 14.8 Å². The average molecular weight is 392 g/mol. The van der Waals surface area contributed by atoms with Crippen molar-refractivity contribution in [3.05, 3.63) is 52.5 Å². The molecule has 0 fully saturated rings. The van der Waals surface area contributed by atoms with Gasteiger partial charge in [-0.05, 0) is 42.3 Å². The van der Waals surface area contributed by atoms with Crippen LogP contribution in [0.5, 0.6) is 11.5 Å². The fourth-order valence-electron chi connectivity index (χ4n) is 2.25. The Morgan fingerprint density at radius 1 is 1.07 bits per heavy atom. The van der Waals surface area contributed by atoms with E-state index in [1.165, 1.54) is 20.3 Å². The summed E-state index contributed by atoms with van der Waals surface area (Å²) >= 11 is 6.28. The first kappa shape index (κ1) is 20.6. The third-order valence-electron chi connectivity index (χ3n) is 3.62. The zero-order valence-electron chi connectivity index (χ0n) is 15.7. The lowest BCUT2D eigenvalue weighted by molar-refractivity contribution is 0.0600. The van der Waals surface area contributed by atoms with Gasteiger partial charge in [0.05, 0.1) is 31.4 Å². The van der Waals surface area contributed by atoms with Gasteiger partial charge in [-0.3, -0.25) is 4.79 Å². The quantitative estimate of drug-likeness (QED) is 0.707. The molecule has 27 heavy (non-hydrogen) atoms. The number of benzene rings is 2. The topological polar surface area (TPSA) is 73.9 Å². The second-order valence-corrected chi connectivity index (χ2v) is 6.62. The lowest BCUT2D eigenvalue weighted by Crippen LogP contribution is -2.13. The zero-order valence-corrected chi connectivity index (χ0v) is 16.4. The molecular formula is C20H22ClNO5. The summed E-state index contributed by atoms with van der Waals surface area (Å²) in [7, 11) is 2.80. The van der Waals surface area contributed by atoms with E-state index >= 15 is 0 Å². The second kappa shape index (κ2) is 9.28. The summed E-state index contributed by atoms with van der Waals surface area (Å²) in [6, 6.07) is 9.46. The minimum absolute atomic E-state index is 0.293. The smallest absolute Gasteiger partial charge is 0.337 e. The lowest BCUT2D eigenvalue weighted by atomic mass is 10.1. The molecule has 144 valence electrons. The highest BCUT2D eigenvalue weighted by Crippen LogP contribution is 2.37. The van der Waals surface area contributed by atoms with Crippen molar-refractivity contribution >= 4 is 29.2 Å². The van der Waals surface area contributed by atoms with E-state index in [-0.39, 0.29) is 5.91 Å². The van der Waals surface area contributed by atoms with Crippen LogP contribution in [0.3, 0.4) is 0 Å². The van der Waals surface area contributed by atoms with Crippen LogP contribution in [0.1, 0.15) is 34.6 Å². The summed E-state index contributed by atoms with van der Waals surface area (Å²) in [5, 5.41) is 3.04. The molecule has 0 aliphatic carbocycles. The van der Waals surface area contributed by atoms with Crippen LogP contribution >= 0.6 is 11.6 Å². The second-order valence-electron chi connectivity index (χ2n) is 6.22. The molecule has 2 aromatic rings. The minimum Gasteiger partial charge on any atom is -0.493 e. The van der Waals surface area contributed by atoms with E-state index < -0.39 is 5.97 Å². The van der Waals surface area contributed by atoms with E-state index in [9.17, 15) is 9.59 Å². The maximum atomic E-state index is 12.5. The number of rotatable bonds is 7. The van der Waals surface area contributed by atoms with Gasteiger partial charge in [0.1, 0.15) is 0 Å². The molecule has 0 atom stereocenters. The summed E-state index contributed by atoms with van der Waals surface area (Å²) in [5.41, 5.74) is 1.25. The molecule has 1 N–H and O–H groups in total. The molecule has 1 amide bonds. The fraction of sp³-hybridized carbons (Fsp3) is 0.300. The van der Waals surface area contributed by atoms with Gasteiger partial charge in [0.15, 0.2) is 11.5 Å². The van der Waals surface area contributed by atoms with Crippen molar-refractivity contribution in [2.75, 3.05) is 26.1 Å². The van der Waals surface area contributed by atoms with Crippen molar-refractivity contribution < 1.29 is 23.8 Å². The van der Waals surface area contributed by atoms with Gasteiger partial charge in [-0.15, -0.1) is 0 Å². The van der Waals surface area contributed by atoms with Crippen molar-refractivity contribution in [1.82, 2.24) is 0 Å². The summed E-state index contributed by atoms with van der Waals surface area (Å²) in [6.45, 7) is 4.52. The van der Waals surface area contributed by atoms with Crippen LogP contribution in [0.25, 0.3) is 0 Å². The molecule has 0 radical (unpaired) electrons. The van der Waals surface area contributed by atoms with Crippen LogP contribution in [-0.4, -0.2) is 32.7 Å². The standard InChI is InChI=1S/C20H22ClNO5/c1-12(2)11-27-18-16(21)9-14(10-17(18)25-3)19(23)22-15-7-5-13(6-8-15)20(24)26-4/h5-10,12H,11H2,1-4H3,(H,22,23). The molecule has 0 aromatic heterocycles. The Bertz CT molecular complexity index is 818. The van der Waals surface area contributed by atoms with Crippen LogP contribution in [0.4, 0.5) is 5.69 Å². The highest BCUT2D eigenvalue weighted by atomic mass is 35.5. The highest BCUT2D eigenvalue weighted by Gasteiger charge is 2.17. The molecule has 0 spiro atoms. The minimum atomic E-state index is -0.443. The molecule has 0 aliphatic heterocycles. The molecule has 0 unspecified atom stereocenters. The van der Waals surface area contributed by atoms with Gasteiger partial charge in [0.25, 0.3) is 5.91 Å². The van der Waals surface area contributed by atoms with Gasteiger partial charge >= 0.3 is 5.97 Å². The molecule has 0 bridgehead atoms. The van der Waals surface area contributed by atoms with E-state index in [1.54, 1.807) is 30.3 Å². The van der Waals surface area contributed by atoms with Crippen LogP contribution in [-0.2, 0) is 4.74 Å². The number of nitrogens with one attached hydrogen (secondary N) is 1. The van der Waals surface area contributed by atoms with Crippen molar-refractivity contribution in [2.24, 2.45) is 5.92 Å². The summed E-state index contributed by atoms with van der Waals surface area (Å²) in [6.07, 6.45) is 0. The predicted molar refractivity (Wildman–Crippen MR) is 104 cm³/mol. The first-order valence-corrected chi connectivity index (χ1v) is 8.73. The van der Waals surface area contributed by atoms with E-state index in [2.05, 4.69) is 10.1 Å². The van der Waals surface area contributed by atoms with Gasteiger partial charge in [-0.1, -0.05) is 25.4 Å². The van der Waals surface area contributed by atoms with Gasteiger partial charge in [-0.2, -0.15) is 0 Å². The predicted octanol–water partition coefficient (Wildman–Crippen LogP) is 4.42. The number of hydrogen-bond acceptors (Lipinski definition) is 5. The summed E-state index contributed by atoms with van der Waals surface area (Å²) in [4.78, 5) is 24.0. The molecule has 7 heteroatoms. The Hall–Kier alpha value is -2.73. The van der Waals surface area contributed by atoms with E-state index in [4.69, 9.17) is 21.1 Å². The number of amides is 1. The Morgan fingerprint density at radius 3 is 2.30 bits per heavy atom. The number of carbonyl (C=O) groups is 2. The maximum absolute atomic E-state index is 12.5. The number of carbonyl (C=O) groups excluding carboxylic acids is 2. The molecule has 2 aromatic carbocycles. The van der Waals surface area contributed by atoms with E-state index in [0.717, 1.165) is 0 Å². The number of methoxy groups -OCH3 is 2. The molecule has 6 nitrogen and oxygen atoms in total. The molecule has 0 aliphatic rings. The average Bonchev–Trinajstić information content (AvgIpc) is 2.66. The Kier molecular flexibility index (Phi) is 7.07. The van der Waals surface area contributed by atoms with Crippen LogP contribution in [0.15, 0.2) is 36.4 Å². The van der Waals surface area contributed by atoms with E-state index in [0.29, 0.717) is 45.9 Å². The largest absolute Gasteiger partial charge is 0.493 e. The third-order valence-corrected chi connectivity index (χ3v) is 3.90. The Morgan fingerprint density at radius 2 is 1.74 bits per heavy atom. The molecule has 2 rings (SSSR count). The van der Waals surface area contributed by atoms with Gasteiger partial charge in [-0.25, -0.2) is 4.79 Å². The number of anilines is 1. The monoisotopic (exact) mass is 391 g/mol. The van der Waals surface area contributed by atoms with Gasteiger partial charge < -0.3 is 19.5 Å². The van der Waals surface area contributed by atoms with Crippen LogP contribution in [0.2, 0.25) is 5.02 Å². The lowest BCUT2D eigenvalue weighted by Gasteiger charge is -2.15. The van der Waals surface area contributed by atoms with E-state index in [1.807, 2.05) is 13.8 Å². The molecule has 0 saturated carbocycles. The number of ether oxygens (including phenoxy) is 3. The molecular weight excluding hydrogens is 370 g/mol. The number of halogens is 1. The first-order chi connectivity index (χ1) is 12.8. The summed E-state index contributed by atoms with van der Waals surface area (Å²) < 4.78 is 15.6. The maximum Gasteiger partial charge on any atom is 0.337 e. The zero-order chi connectivity index (χ0) is 20.0. The first-order valence-electron chi connectivity index (χ1n) is 8.35. The van der Waals surface area contributed by atoms with Gasteiger partial charge in [0.2, 0.25) is 0 Å². The number of esters is 1. The van der Waals surface area contributed by atoms with Crippen LogP contribution in [0, 0.1) is 5.92 Å². The normalized spacial score (nSPS) is 10.4. The molecule has 0 heterocycles. The fourth-order valence-corrected chi connectivity index (χ4v) is 2.52. The van der Waals surface area contributed by atoms with Crippen molar-refractivity contribution in [1.29, 1.82) is 0 Å². The van der Waals surface area contributed by atoms with Gasteiger partial charge in [0, 0.05) is 11.3 Å². The Balaban J connectivity index is 2.18. The molecule has 0 saturated heterocycles. The SMILES string of the molecule is COC(=O)c1ccc(NC(=O)c2cc(Cl)c(OCC(C)C)c(OC)c2)cc1. The number of hydrogen-bond donors (Lipinski definition) is 1. The van der Waals surface area contributed by atoms with Crippen molar-refractivity contribution in [3.8, 4) is 11.5 Å². The highest BCUT2D eigenvalue weighted by molar-refractivity contribution is 6.32. The third kappa shape index (κ3) is 5.37. The summed E-state index contributed by atoms with van der Waals surface area (Å²) in [5.74, 6) is 0.306.